The summed E-state index contributed by atoms with van der Waals surface area (Å²) in [5, 5.41) is 0.442. The number of likely N-dealkylation sites (tertiary alicyclic amines) is 1. The molecule has 1 saturated heterocycles. The van der Waals surface area contributed by atoms with Crippen molar-refractivity contribution >= 4 is 29.5 Å². The van der Waals surface area contributed by atoms with Crippen LogP contribution in [0.25, 0.3) is 6.08 Å². The number of benzene rings is 1. The van der Waals surface area contributed by atoms with Gasteiger partial charge in [0.15, 0.2) is 11.5 Å². The van der Waals surface area contributed by atoms with Crippen LogP contribution >= 0.6 is 11.6 Å². The number of primary amides is 1. The lowest BCUT2D eigenvalue weighted by Crippen LogP contribution is -2.48. The Morgan fingerprint density at radius 2 is 2.12 bits per heavy atom. The number of carbonyl (C=O) groups excluding carboxylic acids is 2. The number of halogens is 1. The average molecular weight is 351 g/mol. The van der Waals surface area contributed by atoms with Gasteiger partial charge in [-0.05, 0) is 43.5 Å². The van der Waals surface area contributed by atoms with Crippen LogP contribution in [-0.4, -0.2) is 36.1 Å². The van der Waals surface area contributed by atoms with Crippen LogP contribution in [0.15, 0.2) is 18.2 Å². The maximum absolute atomic E-state index is 12.5. The van der Waals surface area contributed by atoms with Crippen LogP contribution in [0.1, 0.15) is 25.3 Å². The summed E-state index contributed by atoms with van der Waals surface area (Å²) in [4.78, 5) is 25.5. The van der Waals surface area contributed by atoms with Crippen molar-refractivity contribution in [3.05, 3.63) is 28.8 Å². The van der Waals surface area contributed by atoms with Gasteiger partial charge in [0.05, 0.1) is 10.9 Å². The highest BCUT2D eigenvalue weighted by molar-refractivity contribution is 6.32. The summed E-state index contributed by atoms with van der Waals surface area (Å²) in [5.74, 6) is 0.302. The fraction of sp³-hybridized carbons (Fsp3) is 0.412. The molecule has 0 bridgehead atoms. The maximum Gasteiger partial charge on any atom is 0.246 e. The second kappa shape index (κ2) is 6.73. The van der Waals surface area contributed by atoms with E-state index in [0.29, 0.717) is 23.1 Å². The van der Waals surface area contributed by atoms with Crippen molar-refractivity contribution in [2.45, 2.75) is 25.8 Å². The van der Waals surface area contributed by atoms with Gasteiger partial charge in [-0.1, -0.05) is 11.6 Å². The molecule has 1 aromatic carbocycles. The van der Waals surface area contributed by atoms with Gasteiger partial charge >= 0.3 is 0 Å². The third kappa shape index (κ3) is 3.33. The van der Waals surface area contributed by atoms with E-state index in [-0.39, 0.29) is 30.6 Å². The van der Waals surface area contributed by atoms with E-state index in [9.17, 15) is 9.59 Å². The van der Waals surface area contributed by atoms with Gasteiger partial charge in [-0.2, -0.15) is 0 Å². The summed E-state index contributed by atoms with van der Waals surface area (Å²) in [5.41, 5.74) is 6.12. The Bertz CT molecular complexity index is 704. The highest BCUT2D eigenvalue weighted by Gasteiger charge is 2.30. The monoisotopic (exact) mass is 350 g/mol. The number of rotatable bonds is 3. The number of carbonyl (C=O) groups is 2. The van der Waals surface area contributed by atoms with E-state index >= 15 is 0 Å². The molecule has 0 radical (unpaired) electrons. The van der Waals surface area contributed by atoms with Crippen molar-refractivity contribution in [3.8, 4) is 11.5 Å². The maximum atomic E-state index is 12.5. The molecule has 24 heavy (non-hydrogen) atoms. The number of hydrogen-bond donors (Lipinski definition) is 1. The number of hydrogen-bond acceptors (Lipinski definition) is 4. The first-order chi connectivity index (χ1) is 11.5. The van der Waals surface area contributed by atoms with E-state index in [0.717, 1.165) is 18.4 Å². The van der Waals surface area contributed by atoms with E-state index in [2.05, 4.69) is 0 Å². The van der Waals surface area contributed by atoms with E-state index in [1.807, 2.05) is 6.92 Å². The Balaban J connectivity index is 1.73. The van der Waals surface area contributed by atoms with Crippen molar-refractivity contribution in [2.24, 2.45) is 11.7 Å². The summed E-state index contributed by atoms with van der Waals surface area (Å²) in [7, 11) is 0. The van der Waals surface area contributed by atoms with Gasteiger partial charge in [0.25, 0.3) is 0 Å². The fourth-order valence-electron chi connectivity index (χ4n) is 2.99. The molecule has 0 saturated carbocycles. The average Bonchev–Trinajstić information content (AvgIpc) is 3.02. The normalized spacial score (nSPS) is 22.8. The third-order valence-corrected chi connectivity index (χ3v) is 4.72. The molecule has 3 rings (SSSR count). The first-order valence-electron chi connectivity index (χ1n) is 7.83. The molecule has 0 aliphatic carbocycles. The third-order valence-electron chi connectivity index (χ3n) is 4.44. The van der Waals surface area contributed by atoms with E-state index in [1.165, 1.54) is 6.08 Å². The molecule has 2 unspecified atom stereocenters. The first kappa shape index (κ1) is 16.6. The van der Waals surface area contributed by atoms with Crippen LogP contribution in [0.4, 0.5) is 0 Å². The molecule has 2 amide bonds. The van der Waals surface area contributed by atoms with Gasteiger partial charge in [0.2, 0.25) is 18.6 Å². The topological polar surface area (TPSA) is 81.9 Å². The Morgan fingerprint density at radius 3 is 2.88 bits per heavy atom. The number of amides is 2. The molecule has 1 aromatic rings. The summed E-state index contributed by atoms with van der Waals surface area (Å²) in [6.07, 6.45) is 4.65. The zero-order chi connectivity index (χ0) is 17.3. The molecule has 2 heterocycles. The Kier molecular flexibility index (Phi) is 4.66. The molecule has 128 valence electrons. The molecular formula is C17H19ClN2O4. The molecule has 2 atom stereocenters. The summed E-state index contributed by atoms with van der Waals surface area (Å²) in [6, 6.07) is 3.56. The molecule has 2 aliphatic heterocycles. The van der Waals surface area contributed by atoms with E-state index in [4.69, 9.17) is 26.8 Å². The molecule has 2 N–H and O–H groups in total. The van der Waals surface area contributed by atoms with Crippen molar-refractivity contribution in [1.29, 1.82) is 0 Å². The first-order valence-corrected chi connectivity index (χ1v) is 8.20. The van der Waals surface area contributed by atoms with Gasteiger partial charge in [-0.15, -0.1) is 0 Å². The minimum Gasteiger partial charge on any atom is -0.454 e. The highest BCUT2D eigenvalue weighted by Crippen LogP contribution is 2.40. The van der Waals surface area contributed by atoms with Crippen LogP contribution in [0.3, 0.4) is 0 Å². The van der Waals surface area contributed by atoms with Crippen molar-refractivity contribution in [3.63, 3.8) is 0 Å². The minimum atomic E-state index is -0.355. The van der Waals surface area contributed by atoms with Crippen LogP contribution < -0.4 is 15.2 Å². The van der Waals surface area contributed by atoms with Crippen molar-refractivity contribution in [1.82, 2.24) is 4.90 Å². The summed E-state index contributed by atoms with van der Waals surface area (Å²) >= 11 is 6.13. The van der Waals surface area contributed by atoms with E-state index < -0.39 is 0 Å². The smallest absolute Gasteiger partial charge is 0.246 e. The van der Waals surface area contributed by atoms with E-state index in [1.54, 1.807) is 23.1 Å². The lowest BCUT2D eigenvalue weighted by atomic mass is 9.93. The van der Waals surface area contributed by atoms with Crippen LogP contribution in [0.2, 0.25) is 5.02 Å². The SMILES string of the molecule is CC1CCC(C(N)=O)CN1C(=O)/C=C/c1cc(Cl)c2c(c1)OCO2. The van der Waals surface area contributed by atoms with Crippen molar-refractivity contribution in [2.75, 3.05) is 13.3 Å². The molecule has 0 aromatic heterocycles. The number of ether oxygens (including phenoxy) is 2. The number of fused-ring (bicyclic) bond motifs is 1. The number of piperidine rings is 1. The molecular weight excluding hydrogens is 332 g/mol. The minimum absolute atomic E-state index is 0.0816. The van der Waals surface area contributed by atoms with Gasteiger partial charge in [-0.3, -0.25) is 9.59 Å². The van der Waals surface area contributed by atoms with Gasteiger partial charge in [-0.25, -0.2) is 0 Å². The van der Waals surface area contributed by atoms with Crippen LogP contribution in [0.5, 0.6) is 11.5 Å². The molecule has 1 fully saturated rings. The molecule has 6 nitrogen and oxygen atoms in total. The molecule has 2 aliphatic rings. The van der Waals surface area contributed by atoms with Crippen LogP contribution in [0, 0.1) is 5.92 Å². The Morgan fingerprint density at radius 1 is 1.33 bits per heavy atom. The summed E-state index contributed by atoms with van der Waals surface area (Å²) < 4.78 is 10.6. The second-order valence-electron chi connectivity index (χ2n) is 6.09. The zero-order valence-electron chi connectivity index (χ0n) is 13.3. The zero-order valence-corrected chi connectivity index (χ0v) is 14.1. The fourth-order valence-corrected chi connectivity index (χ4v) is 3.27. The quantitative estimate of drug-likeness (QED) is 0.847. The van der Waals surface area contributed by atoms with Gasteiger partial charge in [0, 0.05) is 18.7 Å². The predicted octanol–water partition coefficient (Wildman–Crippen LogP) is 2.19. The van der Waals surface area contributed by atoms with Crippen LogP contribution in [-0.2, 0) is 9.59 Å². The van der Waals surface area contributed by atoms with Gasteiger partial charge in [0.1, 0.15) is 0 Å². The largest absolute Gasteiger partial charge is 0.454 e. The molecule has 0 spiro atoms. The Hall–Kier alpha value is -2.21. The number of nitrogens with zero attached hydrogens (tertiary/aromatic N) is 1. The molecule has 7 heteroatoms. The Labute approximate surface area is 145 Å². The summed E-state index contributed by atoms with van der Waals surface area (Å²) in [6.45, 7) is 2.48. The van der Waals surface area contributed by atoms with Crippen molar-refractivity contribution < 1.29 is 19.1 Å². The highest BCUT2D eigenvalue weighted by atomic mass is 35.5. The van der Waals surface area contributed by atoms with Gasteiger partial charge < -0.3 is 20.1 Å². The lowest BCUT2D eigenvalue weighted by molar-refractivity contribution is -0.133. The standard InChI is InChI=1S/C17H19ClN2O4/c1-10-2-4-12(17(19)22)8-20(10)15(21)5-3-11-6-13(18)16-14(7-11)23-9-24-16/h3,5-7,10,12H,2,4,8-9H2,1H3,(H2,19,22)/b5-3+. The lowest BCUT2D eigenvalue weighted by Gasteiger charge is -2.36. The predicted molar refractivity (Wildman–Crippen MR) is 89.7 cm³/mol. The number of nitrogens with two attached hydrogens (primary N) is 1. The second-order valence-corrected chi connectivity index (χ2v) is 6.49.